The number of anilines is 1. The SMILES string of the molecule is N#CC1=C(n2c3ccccc3c3c4oc5ccccc5c4ccc32)CC(N2c3ccc4c(oc5ccccc54)c3C3C=CC=CC32)C(C2NC(C3=C4OC5CCCC=C5C4CC=C3)N2C2=CC=CCC2)=C1. The number of hydrogen-bond acceptors (Lipinski definition) is 7. The Morgan fingerprint density at radius 2 is 1.49 bits per heavy atom. The second kappa shape index (κ2) is 15.0. The molecule has 2 fully saturated rings. The molecular formula is C63H49N5O3. The first-order chi connectivity index (χ1) is 35.2. The first-order valence-corrected chi connectivity index (χ1v) is 25.6. The predicted octanol–water partition coefficient (Wildman–Crippen LogP) is 14.3. The number of furan rings is 2. The molecule has 0 amide bonds. The minimum atomic E-state index is -0.189. The molecule has 0 spiro atoms. The number of hydrogen-bond donors (Lipinski definition) is 1. The fourth-order valence-corrected chi connectivity index (χ4v) is 14.0. The van der Waals surface area contributed by atoms with Crippen LogP contribution in [0, 0.1) is 17.2 Å². The largest absolute Gasteiger partial charge is 0.489 e. The van der Waals surface area contributed by atoms with E-state index in [4.69, 9.17) is 13.6 Å². The van der Waals surface area contributed by atoms with Crippen molar-refractivity contribution < 1.29 is 13.6 Å². The third-order valence-corrected chi connectivity index (χ3v) is 17.1. The smallest absolute Gasteiger partial charge is 0.145 e. The van der Waals surface area contributed by atoms with Crippen LogP contribution in [-0.4, -0.2) is 40.0 Å². The second-order valence-corrected chi connectivity index (χ2v) is 20.5. The van der Waals surface area contributed by atoms with Gasteiger partial charge in [-0.3, -0.25) is 5.32 Å². The summed E-state index contributed by atoms with van der Waals surface area (Å²) in [6, 6.07) is 37.0. The molecule has 7 unspecified atom stereocenters. The molecule has 71 heavy (non-hydrogen) atoms. The topological polar surface area (TPSA) is 82.7 Å². The Hall–Kier alpha value is -7.99. The first-order valence-electron chi connectivity index (χ1n) is 25.6. The molecule has 16 rings (SSSR count). The number of para-hydroxylation sites is 3. The number of ether oxygens (including phenoxy) is 1. The summed E-state index contributed by atoms with van der Waals surface area (Å²) in [5.74, 6) is 1.51. The lowest BCUT2D eigenvalue weighted by Gasteiger charge is -2.56. The molecule has 8 nitrogen and oxygen atoms in total. The molecule has 0 bridgehead atoms. The van der Waals surface area contributed by atoms with Crippen molar-refractivity contribution in [3.8, 4) is 6.07 Å². The Bertz CT molecular complexity index is 4020. The van der Waals surface area contributed by atoms with Gasteiger partial charge in [-0.15, -0.1) is 0 Å². The van der Waals surface area contributed by atoms with E-state index >= 15 is 0 Å². The summed E-state index contributed by atoms with van der Waals surface area (Å²) < 4.78 is 23.0. The third kappa shape index (κ3) is 5.53. The monoisotopic (exact) mass is 923 g/mol. The van der Waals surface area contributed by atoms with Gasteiger partial charge >= 0.3 is 0 Å². The van der Waals surface area contributed by atoms with Crippen LogP contribution in [0.2, 0.25) is 0 Å². The van der Waals surface area contributed by atoms with Gasteiger partial charge in [-0.2, -0.15) is 5.26 Å². The Morgan fingerprint density at radius 1 is 0.704 bits per heavy atom. The number of rotatable bonds is 5. The van der Waals surface area contributed by atoms with E-state index in [0.717, 1.165) is 109 Å². The minimum absolute atomic E-state index is 0.0112. The molecule has 7 atom stereocenters. The lowest BCUT2D eigenvalue weighted by Crippen LogP contribution is -2.71. The highest BCUT2D eigenvalue weighted by atomic mass is 16.5. The highest BCUT2D eigenvalue weighted by molar-refractivity contribution is 6.24. The van der Waals surface area contributed by atoms with E-state index in [1.807, 2.05) is 6.07 Å². The van der Waals surface area contributed by atoms with E-state index in [-0.39, 0.29) is 36.4 Å². The molecule has 5 aromatic carbocycles. The van der Waals surface area contributed by atoms with Gasteiger partial charge < -0.3 is 27.9 Å². The second-order valence-electron chi connectivity index (χ2n) is 20.5. The number of nitrogens with one attached hydrogen (secondary N) is 1. The number of nitriles is 1. The van der Waals surface area contributed by atoms with Gasteiger partial charge in [0.05, 0.1) is 34.1 Å². The molecule has 0 radical (unpaired) electrons. The zero-order chi connectivity index (χ0) is 46.5. The van der Waals surface area contributed by atoms with Crippen molar-refractivity contribution in [1.29, 1.82) is 5.26 Å². The van der Waals surface area contributed by atoms with Crippen molar-refractivity contribution in [3.63, 3.8) is 0 Å². The third-order valence-electron chi connectivity index (χ3n) is 17.1. The van der Waals surface area contributed by atoms with Crippen molar-refractivity contribution in [2.75, 3.05) is 4.90 Å². The van der Waals surface area contributed by atoms with E-state index in [1.165, 1.54) is 40.1 Å². The molecule has 1 N–H and O–H groups in total. The van der Waals surface area contributed by atoms with Gasteiger partial charge in [-0.25, -0.2) is 0 Å². The van der Waals surface area contributed by atoms with Gasteiger partial charge in [0.25, 0.3) is 0 Å². The number of nitrogens with zero attached hydrogens (tertiary/aromatic N) is 4. The molecule has 344 valence electrons. The fourth-order valence-electron chi connectivity index (χ4n) is 14.0. The van der Waals surface area contributed by atoms with Crippen LogP contribution in [0.15, 0.2) is 206 Å². The van der Waals surface area contributed by atoms with Crippen molar-refractivity contribution >= 4 is 77.1 Å². The maximum absolute atomic E-state index is 11.6. The molecular weight excluding hydrogens is 875 g/mol. The van der Waals surface area contributed by atoms with Crippen LogP contribution in [-0.2, 0) is 4.74 Å². The van der Waals surface area contributed by atoms with E-state index in [2.05, 4.69) is 184 Å². The van der Waals surface area contributed by atoms with Gasteiger partial charge in [0.1, 0.15) is 52.6 Å². The van der Waals surface area contributed by atoms with Crippen LogP contribution in [0.5, 0.6) is 0 Å². The minimum Gasteiger partial charge on any atom is -0.489 e. The molecule has 8 heteroatoms. The average Bonchev–Trinajstić information content (AvgIpc) is 4.23. The standard InChI is InChI=1S/C63H49N5O3/c64-35-36-33-47(63-65-62(66(63)37-15-2-1-3-16-37)46-23-14-22-41-38-17-6-11-26-54(38)69-59(41)46)53(68-49-25-10-5-21-45(49)58-51(68)32-30-43-40-19-8-13-28-56(40)71-61(43)58)34-52(36)67-48-24-9-4-20-44(48)57-50(67)31-29-42-39-18-7-12-27-55(39)70-60(42)57/h1-2,4-5,7-10,12-15,17-21,23-25,27-33,41,45,49,53-54,62-63,65H,3,6,11,16,22,26,34H2. The first kappa shape index (κ1) is 39.8. The lowest BCUT2D eigenvalue weighted by atomic mass is 9.81. The summed E-state index contributed by atoms with van der Waals surface area (Å²) in [7, 11) is 0. The van der Waals surface area contributed by atoms with Gasteiger partial charge in [0.2, 0.25) is 0 Å². The zero-order valence-electron chi connectivity index (χ0n) is 39.1. The Morgan fingerprint density at radius 3 is 2.34 bits per heavy atom. The van der Waals surface area contributed by atoms with Crippen molar-refractivity contribution in [2.45, 2.75) is 81.4 Å². The summed E-state index contributed by atoms with van der Waals surface area (Å²) in [6.07, 6.45) is 32.1. The molecule has 8 aliphatic rings. The normalized spacial score (nSPS) is 26.5. The van der Waals surface area contributed by atoms with Gasteiger partial charge in [0, 0.05) is 73.4 Å². The van der Waals surface area contributed by atoms with Gasteiger partial charge in [-0.05, 0) is 104 Å². The van der Waals surface area contributed by atoms with Crippen LogP contribution in [0.4, 0.5) is 5.69 Å². The van der Waals surface area contributed by atoms with Gasteiger partial charge in [-0.1, -0.05) is 109 Å². The maximum Gasteiger partial charge on any atom is 0.145 e. The summed E-state index contributed by atoms with van der Waals surface area (Å²) in [5.41, 5.74) is 14.9. The van der Waals surface area contributed by atoms with Gasteiger partial charge in [0.15, 0.2) is 0 Å². The molecule has 8 aromatic rings. The summed E-state index contributed by atoms with van der Waals surface area (Å²) >= 11 is 0. The van der Waals surface area contributed by atoms with Crippen molar-refractivity contribution in [2.24, 2.45) is 5.92 Å². The fraction of sp³-hybridized carbons (Fsp3) is 0.222. The molecule has 3 aromatic heterocycles. The highest BCUT2D eigenvalue weighted by Crippen LogP contribution is 2.55. The molecule has 5 aliphatic carbocycles. The van der Waals surface area contributed by atoms with E-state index < -0.39 is 0 Å². The van der Waals surface area contributed by atoms with Crippen molar-refractivity contribution in [3.05, 3.63) is 203 Å². The Balaban J connectivity index is 0.918. The lowest BCUT2D eigenvalue weighted by molar-refractivity contribution is 0.0421. The number of allylic oxidation sites excluding steroid dienone is 11. The quantitative estimate of drug-likeness (QED) is 0.172. The number of aromatic nitrogens is 1. The van der Waals surface area contributed by atoms with Crippen molar-refractivity contribution in [1.82, 2.24) is 14.8 Å². The molecule has 0 saturated carbocycles. The van der Waals surface area contributed by atoms with Crippen LogP contribution in [0.1, 0.15) is 56.4 Å². The van der Waals surface area contributed by atoms with Crippen LogP contribution in [0.3, 0.4) is 0 Å². The van der Waals surface area contributed by atoms with E-state index in [0.29, 0.717) is 17.9 Å². The molecule has 2 saturated heterocycles. The summed E-state index contributed by atoms with van der Waals surface area (Å²) in [4.78, 5) is 5.30. The Kier molecular flexibility index (Phi) is 8.42. The number of benzene rings is 5. The number of fused-ring (bicyclic) bond motifs is 17. The predicted molar refractivity (Wildman–Crippen MR) is 283 cm³/mol. The molecule has 6 heterocycles. The van der Waals surface area contributed by atoms with Crippen LogP contribution < -0.4 is 10.2 Å². The van der Waals surface area contributed by atoms with E-state index in [9.17, 15) is 5.26 Å². The Labute approximate surface area is 410 Å². The maximum atomic E-state index is 11.6. The van der Waals surface area contributed by atoms with Crippen LogP contribution >= 0.6 is 0 Å². The average molecular weight is 924 g/mol. The van der Waals surface area contributed by atoms with E-state index in [1.54, 1.807) is 0 Å². The molecule has 3 aliphatic heterocycles. The summed E-state index contributed by atoms with van der Waals surface area (Å²) in [6.45, 7) is 0. The van der Waals surface area contributed by atoms with Crippen LogP contribution in [0.25, 0.3) is 71.4 Å². The summed E-state index contributed by atoms with van der Waals surface area (Å²) in [5, 5.41) is 22.4. The highest BCUT2D eigenvalue weighted by Gasteiger charge is 2.52. The zero-order valence-corrected chi connectivity index (χ0v) is 39.1.